The van der Waals surface area contributed by atoms with Crippen molar-refractivity contribution in [3.63, 3.8) is 0 Å². The van der Waals surface area contributed by atoms with Crippen LogP contribution in [0.2, 0.25) is 0 Å². The van der Waals surface area contributed by atoms with Crippen LogP contribution in [0.3, 0.4) is 0 Å². The van der Waals surface area contributed by atoms with E-state index >= 15 is 0 Å². The first-order chi connectivity index (χ1) is 13.5. The number of aromatic nitrogens is 2. The number of hydrogen-bond donors (Lipinski definition) is 1. The molecule has 2 aliphatic rings. The number of anilines is 1. The van der Waals surface area contributed by atoms with E-state index in [0.717, 1.165) is 59.5 Å². The molecule has 2 heterocycles. The largest absolute Gasteiger partial charge is 0.483 e. The Morgan fingerprint density at radius 3 is 2.75 bits per heavy atom. The second-order valence-electron chi connectivity index (χ2n) is 8.08. The Morgan fingerprint density at radius 1 is 1.21 bits per heavy atom. The van der Waals surface area contributed by atoms with Gasteiger partial charge in [0.25, 0.3) is 0 Å². The lowest BCUT2D eigenvalue weighted by atomic mass is 9.93. The summed E-state index contributed by atoms with van der Waals surface area (Å²) < 4.78 is 8.61. The summed E-state index contributed by atoms with van der Waals surface area (Å²) in [5, 5.41) is 3.17. The lowest BCUT2D eigenvalue weighted by Gasteiger charge is -2.29. The van der Waals surface area contributed by atoms with Gasteiger partial charge >= 0.3 is 0 Å². The van der Waals surface area contributed by atoms with Crippen molar-refractivity contribution >= 4 is 22.6 Å². The molecule has 1 N–H and O–H groups in total. The minimum atomic E-state index is 0.00796. The molecule has 28 heavy (non-hydrogen) atoms. The first-order valence-corrected chi connectivity index (χ1v) is 10.0. The highest BCUT2D eigenvalue weighted by atomic mass is 16.5. The smallest absolute Gasteiger partial charge is 0.227 e. The van der Waals surface area contributed by atoms with Gasteiger partial charge in [0.05, 0.1) is 5.52 Å². The fourth-order valence-corrected chi connectivity index (χ4v) is 4.16. The van der Waals surface area contributed by atoms with Gasteiger partial charge in [-0.05, 0) is 56.7 Å². The lowest BCUT2D eigenvalue weighted by Crippen LogP contribution is -2.20. The van der Waals surface area contributed by atoms with Crippen LogP contribution in [0.15, 0.2) is 30.3 Å². The molecule has 5 rings (SSSR count). The molecular weight excluding hydrogens is 350 g/mol. The van der Waals surface area contributed by atoms with Gasteiger partial charge in [0.1, 0.15) is 17.4 Å². The van der Waals surface area contributed by atoms with Gasteiger partial charge in [-0.1, -0.05) is 24.3 Å². The summed E-state index contributed by atoms with van der Waals surface area (Å²) >= 11 is 0. The number of carbonyl (C=O) groups excluding carboxylic acids is 1. The second-order valence-corrected chi connectivity index (χ2v) is 8.08. The fraction of sp³-hybridized carbons (Fsp3) is 0.391. The zero-order valence-electron chi connectivity index (χ0n) is 16.6. The molecule has 1 aromatic heterocycles. The van der Waals surface area contributed by atoms with Crippen molar-refractivity contribution in [2.24, 2.45) is 13.0 Å². The maximum Gasteiger partial charge on any atom is 0.227 e. The third-order valence-corrected chi connectivity index (χ3v) is 6.12. The van der Waals surface area contributed by atoms with Gasteiger partial charge in [-0.25, -0.2) is 4.98 Å². The van der Waals surface area contributed by atoms with Gasteiger partial charge in [-0.15, -0.1) is 0 Å². The Kier molecular flexibility index (Phi) is 3.93. The molecule has 2 aromatic carbocycles. The highest BCUT2D eigenvalue weighted by Crippen LogP contribution is 2.44. The number of hydrogen-bond acceptors (Lipinski definition) is 3. The number of rotatable bonds is 3. The van der Waals surface area contributed by atoms with E-state index in [1.54, 1.807) is 0 Å². The number of fused-ring (bicyclic) bond motifs is 3. The molecule has 0 spiro atoms. The molecule has 144 valence electrons. The number of benzene rings is 2. The van der Waals surface area contributed by atoms with E-state index in [1.165, 1.54) is 11.1 Å². The first-order valence-electron chi connectivity index (χ1n) is 10.0. The molecule has 1 atom stereocenters. The van der Waals surface area contributed by atoms with E-state index in [2.05, 4.69) is 47.1 Å². The summed E-state index contributed by atoms with van der Waals surface area (Å²) in [6.07, 6.45) is 3.75. The third-order valence-electron chi connectivity index (χ3n) is 6.12. The van der Waals surface area contributed by atoms with Crippen LogP contribution in [-0.2, 0) is 18.3 Å². The Bertz CT molecular complexity index is 1090. The van der Waals surface area contributed by atoms with E-state index in [1.807, 2.05) is 14.0 Å². The maximum atomic E-state index is 12.4. The van der Waals surface area contributed by atoms with Gasteiger partial charge in [0.15, 0.2) is 5.75 Å². The Labute approximate surface area is 164 Å². The van der Waals surface area contributed by atoms with Crippen LogP contribution in [0.1, 0.15) is 47.9 Å². The van der Waals surface area contributed by atoms with Gasteiger partial charge in [0.2, 0.25) is 5.91 Å². The van der Waals surface area contributed by atoms with Gasteiger partial charge in [0, 0.05) is 24.2 Å². The molecule has 0 radical (unpaired) electrons. The van der Waals surface area contributed by atoms with Crippen molar-refractivity contribution in [2.45, 2.75) is 45.6 Å². The maximum absolute atomic E-state index is 12.4. The Morgan fingerprint density at radius 2 is 2.00 bits per heavy atom. The molecule has 1 saturated carbocycles. The minimum absolute atomic E-state index is 0.00796. The van der Waals surface area contributed by atoms with E-state index < -0.39 is 0 Å². The predicted molar refractivity (Wildman–Crippen MR) is 110 cm³/mol. The molecule has 5 nitrogen and oxygen atoms in total. The van der Waals surface area contributed by atoms with Crippen molar-refractivity contribution in [2.75, 3.05) is 5.32 Å². The molecule has 1 amide bonds. The number of ether oxygens (including phenoxy) is 1. The van der Waals surface area contributed by atoms with Crippen LogP contribution in [-0.4, -0.2) is 15.5 Å². The zero-order chi connectivity index (χ0) is 19.4. The summed E-state index contributed by atoms with van der Waals surface area (Å²) in [5.74, 6) is 2.06. The minimum Gasteiger partial charge on any atom is -0.483 e. The number of nitrogens with zero attached hydrogens (tertiary/aromatic N) is 2. The van der Waals surface area contributed by atoms with E-state index in [9.17, 15) is 4.79 Å². The fourth-order valence-electron chi connectivity index (χ4n) is 4.16. The number of aryl methyl sites for hydroxylation is 3. The number of imidazole rings is 1. The van der Waals surface area contributed by atoms with E-state index in [4.69, 9.17) is 9.72 Å². The van der Waals surface area contributed by atoms with Crippen LogP contribution in [0, 0.1) is 19.8 Å². The quantitative estimate of drug-likeness (QED) is 0.728. The average molecular weight is 375 g/mol. The summed E-state index contributed by atoms with van der Waals surface area (Å²) in [7, 11) is 2.01. The van der Waals surface area contributed by atoms with Crippen molar-refractivity contribution < 1.29 is 9.53 Å². The average Bonchev–Trinajstić information content (AvgIpc) is 3.50. The van der Waals surface area contributed by atoms with E-state index in [0.29, 0.717) is 0 Å². The molecule has 3 aromatic rings. The third kappa shape index (κ3) is 2.77. The molecule has 0 unspecified atom stereocenters. The Balaban J connectivity index is 1.62. The molecule has 1 aliphatic heterocycles. The van der Waals surface area contributed by atoms with Gasteiger partial charge in [-0.2, -0.15) is 0 Å². The van der Waals surface area contributed by atoms with Gasteiger partial charge < -0.3 is 14.6 Å². The van der Waals surface area contributed by atoms with Crippen LogP contribution < -0.4 is 10.1 Å². The molecule has 0 bridgehead atoms. The summed E-state index contributed by atoms with van der Waals surface area (Å²) in [6.45, 7) is 4.12. The van der Waals surface area contributed by atoms with Crippen molar-refractivity contribution in [3.8, 4) is 5.75 Å². The number of carbonyl (C=O) groups is 1. The highest BCUT2D eigenvalue weighted by Gasteiger charge is 2.32. The topological polar surface area (TPSA) is 56.2 Å². The van der Waals surface area contributed by atoms with Crippen molar-refractivity contribution in [3.05, 3.63) is 52.8 Å². The van der Waals surface area contributed by atoms with Crippen LogP contribution in [0.25, 0.3) is 11.0 Å². The van der Waals surface area contributed by atoms with Crippen molar-refractivity contribution in [1.82, 2.24) is 9.55 Å². The number of amides is 1. The molecule has 0 saturated heterocycles. The van der Waals surface area contributed by atoms with Crippen LogP contribution in [0.5, 0.6) is 5.75 Å². The SMILES string of the molecule is Cc1ccccc1[C@@H]1CCc2c(NC(=O)C3CC3)cc3c(nc(C)n3C)c2O1. The lowest BCUT2D eigenvalue weighted by molar-refractivity contribution is -0.117. The summed E-state index contributed by atoms with van der Waals surface area (Å²) in [6, 6.07) is 10.5. The summed E-state index contributed by atoms with van der Waals surface area (Å²) in [5.41, 5.74) is 6.30. The van der Waals surface area contributed by atoms with Crippen molar-refractivity contribution in [1.29, 1.82) is 0 Å². The normalized spacial score (nSPS) is 18.6. The van der Waals surface area contributed by atoms with Crippen LogP contribution in [0.4, 0.5) is 5.69 Å². The molecule has 1 aliphatic carbocycles. The predicted octanol–water partition coefficient (Wildman–Crippen LogP) is 4.60. The molecular formula is C23H25N3O2. The highest BCUT2D eigenvalue weighted by molar-refractivity contribution is 5.99. The molecule has 1 fully saturated rings. The summed E-state index contributed by atoms with van der Waals surface area (Å²) in [4.78, 5) is 17.2. The Hall–Kier alpha value is -2.82. The molecule has 5 heteroatoms. The zero-order valence-corrected chi connectivity index (χ0v) is 16.6. The first kappa shape index (κ1) is 17.3. The number of nitrogens with one attached hydrogen (secondary N) is 1. The standard InChI is InChI=1S/C23H25N3O2/c1-13-6-4-5-7-16(13)20-11-10-17-18(25-23(27)15-8-9-15)12-19-21(22(17)28-20)24-14(2)26(19)3/h4-7,12,15,20H,8-11H2,1-3H3,(H,25,27)/t20-/m0/s1. The monoisotopic (exact) mass is 375 g/mol. The second kappa shape index (κ2) is 6.36. The van der Waals surface area contributed by atoms with Gasteiger partial charge in [-0.3, -0.25) is 4.79 Å². The van der Waals surface area contributed by atoms with E-state index in [-0.39, 0.29) is 17.9 Å². The van der Waals surface area contributed by atoms with Crippen LogP contribution >= 0.6 is 0 Å².